The first-order valence-corrected chi connectivity index (χ1v) is 4.02. The molecule has 40 valence electrons. The highest BCUT2D eigenvalue weighted by atomic mass is 32.2. The predicted molar refractivity (Wildman–Crippen MR) is 31.7 cm³/mol. The Morgan fingerprint density at radius 1 is 1.33 bits per heavy atom. The number of rotatable bonds is 1. The topological polar surface area (TPSA) is 30.0 Å². The minimum absolute atomic E-state index is 0. The minimum atomic E-state index is 0. The molecule has 0 saturated heterocycles. The first-order valence-electron chi connectivity index (χ1n) is 1.81. The Labute approximate surface area is 42.4 Å². The molecule has 0 aliphatic rings. The first-order chi connectivity index (χ1) is 2.27. The van der Waals surface area contributed by atoms with Crippen molar-refractivity contribution < 1.29 is 5.48 Å². The molecule has 0 aromatic rings. The van der Waals surface area contributed by atoms with Gasteiger partial charge in [0.2, 0.25) is 0 Å². The van der Waals surface area contributed by atoms with Crippen molar-refractivity contribution in [3.63, 3.8) is 0 Å². The van der Waals surface area contributed by atoms with Gasteiger partial charge in [-0.1, -0.05) is 0 Å². The second kappa shape index (κ2) is 5.31. The third-order valence-electron chi connectivity index (χ3n) is 0.577. The van der Waals surface area contributed by atoms with Crippen LogP contribution in [0.15, 0.2) is 0 Å². The largest absolute Gasteiger partial charge is 0.870 e. The second-order valence-corrected chi connectivity index (χ2v) is 3.82. The molecular formula is C4H12OS. The van der Waals surface area contributed by atoms with E-state index in [4.69, 9.17) is 0 Å². The quantitative estimate of drug-likeness (QED) is 0.455. The Bertz CT molecular complexity index is 21.5. The van der Waals surface area contributed by atoms with Crippen LogP contribution in [0.3, 0.4) is 0 Å². The fraction of sp³-hybridized carbons (Fsp3) is 1.00. The van der Waals surface area contributed by atoms with Gasteiger partial charge in [-0.25, -0.2) is 0 Å². The zero-order valence-corrected chi connectivity index (χ0v) is 5.38. The molecule has 0 rings (SSSR count). The highest BCUT2D eigenvalue weighted by Gasteiger charge is 1.89. The van der Waals surface area contributed by atoms with E-state index in [1.165, 1.54) is 5.75 Å². The third-order valence-corrected chi connectivity index (χ3v) is 1.73. The zero-order chi connectivity index (χ0) is 4.28. The lowest BCUT2D eigenvalue weighted by Gasteiger charge is -1.81. The van der Waals surface area contributed by atoms with E-state index >= 15 is 0 Å². The monoisotopic (exact) mass is 108 g/mol. The fourth-order valence-electron chi connectivity index (χ4n) is 0. The maximum absolute atomic E-state index is 2.25. The van der Waals surface area contributed by atoms with Crippen LogP contribution in [-0.2, 0) is 10.9 Å². The summed E-state index contributed by atoms with van der Waals surface area (Å²) in [6.45, 7) is 2.21. The van der Waals surface area contributed by atoms with Gasteiger partial charge < -0.3 is 5.48 Å². The number of hydrogen-bond acceptors (Lipinski definition) is 1. The smallest absolute Gasteiger partial charge is 0.104 e. The normalized spacial score (nSPS) is 8.00. The molecule has 0 unspecified atom stereocenters. The summed E-state index contributed by atoms with van der Waals surface area (Å²) in [6.07, 6.45) is 4.50. The van der Waals surface area contributed by atoms with Gasteiger partial charge in [-0.15, -0.1) is 0 Å². The Morgan fingerprint density at radius 3 is 1.50 bits per heavy atom. The second-order valence-electron chi connectivity index (χ2n) is 1.27. The van der Waals surface area contributed by atoms with Gasteiger partial charge >= 0.3 is 0 Å². The molecule has 0 aliphatic carbocycles. The van der Waals surface area contributed by atoms with Gasteiger partial charge in [-0.05, 0) is 17.8 Å². The van der Waals surface area contributed by atoms with Gasteiger partial charge in [0.25, 0.3) is 0 Å². The highest BCUT2D eigenvalue weighted by molar-refractivity contribution is 7.95. The maximum Gasteiger partial charge on any atom is 0.104 e. The van der Waals surface area contributed by atoms with Crippen LogP contribution in [0, 0.1) is 0 Å². The summed E-state index contributed by atoms with van der Waals surface area (Å²) in [4.78, 5) is 0. The van der Waals surface area contributed by atoms with E-state index in [2.05, 4.69) is 19.4 Å². The molecule has 0 saturated carbocycles. The number of hydrogen-bond donors (Lipinski definition) is 0. The highest BCUT2D eigenvalue weighted by Crippen LogP contribution is 1.76. The van der Waals surface area contributed by atoms with Crippen LogP contribution in [0.1, 0.15) is 6.92 Å². The van der Waals surface area contributed by atoms with Crippen LogP contribution in [0.5, 0.6) is 0 Å². The summed E-state index contributed by atoms with van der Waals surface area (Å²) < 4.78 is 0. The Balaban J connectivity index is 0. The van der Waals surface area contributed by atoms with Gasteiger partial charge in [0.1, 0.15) is 5.75 Å². The van der Waals surface area contributed by atoms with Gasteiger partial charge in [0.15, 0.2) is 0 Å². The predicted octanol–water partition coefficient (Wildman–Crippen LogP) is 0.707. The van der Waals surface area contributed by atoms with Crippen molar-refractivity contribution in [3.8, 4) is 0 Å². The van der Waals surface area contributed by atoms with E-state index in [0.717, 1.165) is 0 Å². The molecule has 0 aliphatic heterocycles. The molecular weight excluding hydrogens is 96.1 g/mol. The van der Waals surface area contributed by atoms with Crippen LogP contribution in [0.2, 0.25) is 0 Å². The van der Waals surface area contributed by atoms with E-state index in [1.54, 1.807) is 0 Å². The van der Waals surface area contributed by atoms with Crippen molar-refractivity contribution in [2.75, 3.05) is 18.3 Å². The third kappa shape index (κ3) is 8.85. The molecule has 0 radical (unpaired) electrons. The van der Waals surface area contributed by atoms with Crippen LogP contribution in [0.25, 0.3) is 0 Å². The van der Waals surface area contributed by atoms with Crippen LogP contribution < -0.4 is 0 Å². The van der Waals surface area contributed by atoms with Crippen LogP contribution in [-0.4, -0.2) is 23.7 Å². The molecule has 0 aromatic heterocycles. The van der Waals surface area contributed by atoms with E-state index < -0.39 is 0 Å². The van der Waals surface area contributed by atoms with Crippen molar-refractivity contribution in [1.29, 1.82) is 0 Å². The van der Waals surface area contributed by atoms with E-state index in [9.17, 15) is 0 Å². The lowest BCUT2D eigenvalue weighted by atomic mass is 11.0. The van der Waals surface area contributed by atoms with Crippen molar-refractivity contribution in [3.05, 3.63) is 0 Å². The molecule has 0 aromatic carbocycles. The SMILES string of the molecule is CC[S+](C)C.[OH-]. The van der Waals surface area contributed by atoms with Crippen molar-refractivity contribution in [1.82, 2.24) is 0 Å². The van der Waals surface area contributed by atoms with Crippen LogP contribution >= 0.6 is 0 Å². The summed E-state index contributed by atoms with van der Waals surface area (Å²) in [5.74, 6) is 1.33. The summed E-state index contributed by atoms with van der Waals surface area (Å²) in [6, 6.07) is 0. The molecule has 0 bridgehead atoms. The molecule has 1 nitrogen and oxygen atoms in total. The van der Waals surface area contributed by atoms with E-state index in [1.807, 2.05) is 0 Å². The van der Waals surface area contributed by atoms with Crippen LogP contribution in [0.4, 0.5) is 0 Å². The molecule has 0 heterocycles. The van der Waals surface area contributed by atoms with Gasteiger partial charge in [-0.3, -0.25) is 0 Å². The molecule has 2 heteroatoms. The molecule has 6 heavy (non-hydrogen) atoms. The maximum atomic E-state index is 2.25. The Kier molecular flexibility index (Phi) is 8.48. The van der Waals surface area contributed by atoms with Crippen molar-refractivity contribution in [2.45, 2.75) is 6.92 Å². The summed E-state index contributed by atoms with van der Waals surface area (Å²) >= 11 is 0. The minimum Gasteiger partial charge on any atom is -0.870 e. The first kappa shape index (κ1) is 9.58. The molecule has 0 atom stereocenters. The average molecular weight is 108 g/mol. The summed E-state index contributed by atoms with van der Waals surface area (Å²) in [7, 11) is 0.677. The van der Waals surface area contributed by atoms with Crippen molar-refractivity contribution >= 4 is 10.9 Å². The standard InChI is InChI=1S/C4H11S.H2O/c1-4-5(2)3;/h4H2,1-3H3;1H2/q+1;/p-1. The molecule has 1 N–H and O–H groups in total. The lowest BCUT2D eigenvalue weighted by Crippen LogP contribution is -1.94. The summed E-state index contributed by atoms with van der Waals surface area (Å²) in [5.41, 5.74) is 0. The van der Waals surface area contributed by atoms with Gasteiger partial charge in [0.05, 0.1) is 12.5 Å². The average Bonchev–Trinajstić information content (AvgIpc) is 1.38. The zero-order valence-electron chi connectivity index (χ0n) is 4.56. The lowest BCUT2D eigenvalue weighted by molar-refractivity contribution is 0.824. The van der Waals surface area contributed by atoms with E-state index in [-0.39, 0.29) is 5.48 Å². The Hall–Kier alpha value is 0.310. The molecule has 0 fully saturated rings. The Morgan fingerprint density at radius 2 is 1.50 bits per heavy atom. The van der Waals surface area contributed by atoms with Gasteiger partial charge in [0, 0.05) is 0 Å². The van der Waals surface area contributed by atoms with Crippen molar-refractivity contribution in [2.24, 2.45) is 0 Å². The van der Waals surface area contributed by atoms with Gasteiger partial charge in [-0.2, -0.15) is 0 Å². The summed E-state index contributed by atoms with van der Waals surface area (Å²) in [5, 5.41) is 0. The fourth-order valence-corrected chi connectivity index (χ4v) is 0. The molecule has 0 amide bonds. The van der Waals surface area contributed by atoms with E-state index in [0.29, 0.717) is 10.9 Å². The molecule has 0 spiro atoms.